The summed E-state index contributed by atoms with van der Waals surface area (Å²) >= 11 is 5.78. The van der Waals surface area contributed by atoms with Crippen LogP contribution in [0.2, 0.25) is 0 Å². The minimum atomic E-state index is 0.313. The van der Waals surface area contributed by atoms with Crippen LogP contribution in [0.5, 0.6) is 0 Å². The fourth-order valence-corrected chi connectivity index (χ4v) is 3.64. The van der Waals surface area contributed by atoms with Crippen molar-refractivity contribution in [1.29, 1.82) is 0 Å². The highest BCUT2D eigenvalue weighted by molar-refractivity contribution is 6.17. The molecule has 2 nitrogen and oxygen atoms in total. The Bertz CT molecular complexity index is 290. The molecule has 0 saturated heterocycles. The van der Waals surface area contributed by atoms with E-state index in [0.717, 1.165) is 43.5 Å². The van der Waals surface area contributed by atoms with Crippen LogP contribution in [0.3, 0.4) is 0 Å². The van der Waals surface area contributed by atoms with Crippen molar-refractivity contribution in [2.45, 2.75) is 38.5 Å². The minimum absolute atomic E-state index is 0.313. The van der Waals surface area contributed by atoms with Gasteiger partial charge in [-0.1, -0.05) is 0 Å². The van der Waals surface area contributed by atoms with E-state index in [1.165, 1.54) is 19.3 Å². The summed E-state index contributed by atoms with van der Waals surface area (Å²) in [5.41, 5.74) is 0.374. The van der Waals surface area contributed by atoms with Crippen LogP contribution >= 0.6 is 11.6 Å². The topological polar surface area (TPSA) is 29.1 Å². The van der Waals surface area contributed by atoms with Gasteiger partial charge in [-0.2, -0.15) is 0 Å². The number of hydrogen-bond donors (Lipinski definition) is 1. The highest BCUT2D eigenvalue weighted by Gasteiger charge is 2.48. The molecule has 0 radical (unpaired) electrons. The van der Waals surface area contributed by atoms with Crippen LogP contribution in [0.4, 0.5) is 0 Å². The van der Waals surface area contributed by atoms with Gasteiger partial charge in [-0.05, 0) is 55.8 Å². The molecule has 90 valence electrons. The van der Waals surface area contributed by atoms with Crippen molar-refractivity contribution in [1.82, 2.24) is 5.32 Å². The Hall–Kier alpha value is -0.240. The second-order valence-electron chi connectivity index (χ2n) is 6.08. The maximum Gasteiger partial charge on any atom is 0.223 e. The third-order valence-corrected chi connectivity index (χ3v) is 5.02. The van der Waals surface area contributed by atoms with E-state index in [0.29, 0.717) is 17.2 Å². The fourth-order valence-electron chi connectivity index (χ4n) is 3.24. The molecule has 0 bridgehead atoms. The van der Waals surface area contributed by atoms with Gasteiger partial charge in [0.15, 0.2) is 0 Å². The molecule has 1 amide bonds. The number of hydrogen-bond acceptors (Lipinski definition) is 1. The summed E-state index contributed by atoms with van der Waals surface area (Å²) in [6.07, 6.45) is 7.24. The van der Waals surface area contributed by atoms with Crippen LogP contribution in [-0.2, 0) is 4.79 Å². The molecule has 0 aromatic rings. The summed E-state index contributed by atoms with van der Waals surface area (Å²) in [6.45, 7) is 0.865. The zero-order valence-corrected chi connectivity index (χ0v) is 10.4. The summed E-state index contributed by atoms with van der Waals surface area (Å²) in [7, 11) is 0. The number of alkyl halides is 1. The number of amides is 1. The van der Waals surface area contributed by atoms with E-state index in [1.54, 1.807) is 0 Å². The first kappa shape index (κ1) is 10.9. The number of nitrogens with one attached hydrogen (secondary N) is 1. The van der Waals surface area contributed by atoms with E-state index >= 15 is 0 Å². The molecule has 16 heavy (non-hydrogen) atoms. The van der Waals surface area contributed by atoms with Crippen LogP contribution in [0.25, 0.3) is 0 Å². The molecular formula is C13H20ClNO. The van der Waals surface area contributed by atoms with Crippen molar-refractivity contribution in [3.05, 3.63) is 0 Å². The summed E-state index contributed by atoms with van der Waals surface area (Å²) in [5, 5.41) is 3.16. The van der Waals surface area contributed by atoms with Crippen LogP contribution in [0, 0.1) is 23.2 Å². The van der Waals surface area contributed by atoms with Gasteiger partial charge in [0.2, 0.25) is 5.91 Å². The van der Waals surface area contributed by atoms with Crippen molar-refractivity contribution >= 4 is 17.5 Å². The zero-order chi connectivity index (χ0) is 11.2. The molecule has 3 heteroatoms. The van der Waals surface area contributed by atoms with E-state index in [1.807, 2.05) is 0 Å². The molecule has 0 aromatic carbocycles. The molecule has 2 atom stereocenters. The first-order valence-electron chi connectivity index (χ1n) is 6.56. The van der Waals surface area contributed by atoms with Gasteiger partial charge in [-0.25, -0.2) is 0 Å². The van der Waals surface area contributed by atoms with Gasteiger partial charge in [-0.15, -0.1) is 11.6 Å². The molecule has 3 fully saturated rings. The molecule has 3 aliphatic rings. The average molecular weight is 242 g/mol. The Morgan fingerprint density at radius 1 is 1.25 bits per heavy atom. The van der Waals surface area contributed by atoms with Gasteiger partial charge in [0.25, 0.3) is 0 Å². The molecular weight excluding hydrogens is 222 g/mol. The molecule has 0 spiro atoms. The van der Waals surface area contributed by atoms with Gasteiger partial charge in [0, 0.05) is 18.3 Å². The van der Waals surface area contributed by atoms with Crippen molar-refractivity contribution < 1.29 is 4.79 Å². The molecule has 2 unspecified atom stereocenters. The van der Waals surface area contributed by atoms with Crippen LogP contribution in [0.15, 0.2) is 0 Å². The lowest BCUT2D eigenvalue weighted by molar-refractivity contribution is -0.125. The first-order valence-corrected chi connectivity index (χ1v) is 7.10. The van der Waals surface area contributed by atoms with E-state index in [9.17, 15) is 4.79 Å². The lowest BCUT2D eigenvalue weighted by Gasteiger charge is -2.17. The van der Waals surface area contributed by atoms with Gasteiger partial charge in [0.05, 0.1) is 0 Å². The SMILES string of the molecule is O=C(NCC1(CCCl)CC1)C1CC2CC2C1. The Balaban J connectivity index is 1.43. The highest BCUT2D eigenvalue weighted by Crippen LogP contribution is 2.54. The predicted octanol–water partition coefficient (Wildman–Crippen LogP) is 2.56. The van der Waals surface area contributed by atoms with Crippen LogP contribution < -0.4 is 5.32 Å². The number of halogens is 1. The van der Waals surface area contributed by atoms with Crippen molar-refractivity contribution in [3.8, 4) is 0 Å². The summed E-state index contributed by atoms with van der Waals surface area (Å²) in [5.74, 6) is 3.16. The molecule has 3 saturated carbocycles. The van der Waals surface area contributed by atoms with Crippen LogP contribution in [-0.4, -0.2) is 18.3 Å². The van der Waals surface area contributed by atoms with Gasteiger partial charge in [-0.3, -0.25) is 4.79 Å². The largest absolute Gasteiger partial charge is 0.355 e. The first-order chi connectivity index (χ1) is 7.72. The Labute approximate surface area is 102 Å². The van der Waals surface area contributed by atoms with E-state index in [2.05, 4.69) is 5.32 Å². The minimum Gasteiger partial charge on any atom is -0.355 e. The van der Waals surface area contributed by atoms with Crippen molar-refractivity contribution in [2.24, 2.45) is 23.2 Å². The molecule has 3 aliphatic carbocycles. The molecule has 0 heterocycles. The Kier molecular flexibility index (Phi) is 2.66. The second-order valence-corrected chi connectivity index (χ2v) is 6.46. The number of fused-ring (bicyclic) bond motifs is 1. The predicted molar refractivity (Wildman–Crippen MR) is 64.3 cm³/mol. The number of carbonyl (C=O) groups excluding carboxylic acids is 1. The van der Waals surface area contributed by atoms with Crippen molar-refractivity contribution in [2.75, 3.05) is 12.4 Å². The standard InChI is InChI=1S/C13H20ClNO/c14-4-3-13(1-2-13)8-15-12(16)11-6-9-5-10(9)7-11/h9-11H,1-8H2,(H,15,16). The van der Waals surface area contributed by atoms with Crippen LogP contribution in [0.1, 0.15) is 38.5 Å². The van der Waals surface area contributed by atoms with Gasteiger partial charge in [0.1, 0.15) is 0 Å². The summed E-state index contributed by atoms with van der Waals surface area (Å²) in [4.78, 5) is 11.9. The lowest BCUT2D eigenvalue weighted by Crippen LogP contribution is -2.34. The van der Waals surface area contributed by atoms with E-state index < -0.39 is 0 Å². The Morgan fingerprint density at radius 2 is 1.94 bits per heavy atom. The quantitative estimate of drug-likeness (QED) is 0.737. The maximum absolute atomic E-state index is 11.9. The van der Waals surface area contributed by atoms with E-state index in [4.69, 9.17) is 11.6 Å². The molecule has 0 aliphatic heterocycles. The number of rotatable bonds is 5. The molecule has 1 N–H and O–H groups in total. The summed E-state index contributed by atoms with van der Waals surface area (Å²) < 4.78 is 0. The van der Waals surface area contributed by atoms with Crippen molar-refractivity contribution in [3.63, 3.8) is 0 Å². The average Bonchev–Trinajstić information content (AvgIpc) is 3.18. The smallest absolute Gasteiger partial charge is 0.223 e. The molecule has 0 aromatic heterocycles. The Morgan fingerprint density at radius 3 is 2.50 bits per heavy atom. The molecule has 3 rings (SSSR count). The van der Waals surface area contributed by atoms with Gasteiger partial charge < -0.3 is 5.32 Å². The number of carbonyl (C=O) groups is 1. The normalized spacial score (nSPS) is 37.9. The monoisotopic (exact) mass is 241 g/mol. The fraction of sp³-hybridized carbons (Fsp3) is 0.923. The zero-order valence-electron chi connectivity index (χ0n) is 9.68. The maximum atomic E-state index is 11.9. The third-order valence-electron chi connectivity index (χ3n) is 4.83. The summed E-state index contributed by atoms with van der Waals surface area (Å²) in [6, 6.07) is 0. The third kappa shape index (κ3) is 2.09. The van der Waals surface area contributed by atoms with E-state index in [-0.39, 0.29) is 0 Å². The highest BCUT2D eigenvalue weighted by atomic mass is 35.5. The van der Waals surface area contributed by atoms with Gasteiger partial charge >= 0.3 is 0 Å². The lowest BCUT2D eigenvalue weighted by atomic mass is 10.0. The second kappa shape index (κ2) is 3.90.